The molecule has 2 bridgehead atoms. The third-order valence-electron chi connectivity index (χ3n) is 8.17. The second kappa shape index (κ2) is 7.71. The number of H-pyrrole nitrogens is 1. The van der Waals surface area contributed by atoms with E-state index in [0.29, 0.717) is 6.54 Å². The van der Waals surface area contributed by atoms with Crippen molar-refractivity contribution in [2.75, 3.05) is 44.2 Å². The van der Waals surface area contributed by atoms with E-state index in [2.05, 4.69) is 42.8 Å². The van der Waals surface area contributed by atoms with Crippen LogP contribution in [0.25, 0.3) is 0 Å². The lowest BCUT2D eigenvalue weighted by atomic mass is 9.62. The van der Waals surface area contributed by atoms with Crippen molar-refractivity contribution in [2.45, 2.75) is 46.5 Å². The van der Waals surface area contributed by atoms with Gasteiger partial charge in [0.05, 0.1) is 18.2 Å². The van der Waals surface area contributed by atoms with Crippen molar-refractivity contribution < 1.29 is 19.5 Å². The molecule has 2 aliphatic heterocycles. The molecule has 3 heterocycles. The number of imide groups is 1. The van der Waals surface area contributed by atoms with E-state index in [4.69, 9.17) is 0 Å². The highest BCUT2D eigenvalue weighted by Crippen LogP contribution is 2.60. The van der Waals surface area contributed by atoms with E-state index in [-0.39, 0.29) is 28.6 Å². The van der Waals surface area contributed by atoms with Gasteiger partial charge in [0.2, 0.25) is 11.8 Å². The first-order valence-electron chi connectivity index (χ1n) is 11.3. The van der Waals surface area contributed by atoms with Crippen molar-refractivity contribution in [2.24, 2.45) is 16.7 Å². The van der Waals surface area contributed by atoms with E-state index in [1.54, 1.807) is 9.80 Å². The third kappa shape index (κ3) is 3.45. The van der Waals surface area contributed by atoms with Crippen LogP contribution < -0.4 is 14.8 Å². The highest BCUT2D eigenvalue weighted by molar-refractivity contribution is 6.03. The molecule has 0 unspecified atom stereocenters. The summed E-state index contributed by atoms with van der Waals surface area (Å²) in [6.45, 7) is 12.4. The van der Waals surface area contributed by atoms with Gasteiger partial charge in [0, 0.05) is 18.5 Å². The predicted octanol–water partition coefficient (Wildman–Crippen LogP) is 0.797. The Bertz CT molecular complexity index is 757. The van der Waals surface area contributed by atoms with Gasteiger partial charge in [-0.3, -0.25) is 19.4 Å². The van der Waals surface area contributed by atoms with Crippen LogP contribution in [0.1, 0.15) is 46.5 Å². The van der Waals surface area contributed by atoms with E-state index in [0.717, 1.165) is 58.4 Å². The Morgan fingerprint density at radius 2 is 1.90 bits per heavy atom. The highest BCUT2D eigenvalue weighted by atomic mass is 16.2. The smallest absolute Gasteiger partial charge is 0.274 e. The average molecular weight is 401 g/mol. The summed E-state index contributed by atoms with van der Waals surface area (Å²) < 4.78 is 0. The Labute approximate surface area is 174 Å². The molecular weight excluding hydrogens is 364 g/mol. The molecule has 2 N–H and O–H groups in total. The molecule has 6 heteroatoms. The van der Waals surface area contributed by atoms with Gasteiger partial charge in [0.15, 0.2) is 0 Å². The second-order valence-electron chi connectivity index (χ2n) is 9.88. The number of aromatic nitrogens is 1. The monoisotopic (exact) mass is 400 g/mol. The number of fused-ring (bicyclic) bond motifs is 2. The number of rotatable bonds is 6. The summed E-state index contributed by atoms with van der Waals surface area (Å²) in [6, 6.07) is 6.21. The number of amides is 2. The second-order valence-corrected chi connectivity index (χ2v) is 9.88. The Hall–Kier alpha value is -1.95. The first-order valence-corrected chi connectivity index (χ1v) is 11.3. The third-order valence-corrected chi connectivity index (χ3v) is 8.17. The molecule has 4 rings (SSSR count). The summed E-state index contributed by atoms with van der Waals surface area (Å²) in [7, 11) is 0. The minimum Gasteiger partial charge on any atom is -0.328 e. The summed E-state index contributed by atoms with van der Waals surface area (Å²) in [5.41, 5.74) is -0.584. The number of quaternary nitrogens is 1. The van der Waals surface area contributed by atoms with Crippen molar-refractivity contribution in [3.8, 4) is 0 Å². The standard InChI is InChI=1S/C23H34N4O2/c1-22(2)18-9-10-23(22,3)21(29)27(20(18)28)13-7-6-12-25-14-16-26(17-15-25)19-8-4-5-11-24-19/h4-5,8,11,18H,6-7,9-10,12-17H2,1-3H3/p+2/t18-,23+/m1/s1. The number of anilines is 1. The lowest BCUT2D eigenvalue weighted by molar-refractivity contribution is -0.900. The van der Waals surface area contributed by atoms with Gasteiger partial charge in [-0.1, -0.05) is 26.8 Å². The minimum absolute atomic E-state index is 0.0127. The molecule has 3 aliphatic rings. The molecule has 1 aliphatic carbocycles. The summed E-state index contributed by atoms with van der Waals surface area (Å²) in [4.78, 5) is 35.0. The summed E-state index contributed by atoms with van der Waals surface area (Å²) in [5.74, 6) is 1.36. The fourth-order valence-corrected chi connectivity index (χ4v) is 5.65. The predicted molar refractivity (Wildman–Crippen MR) is 111 cm³/mol. The Balaban J connectivity index is 1.23. The van der Waals surface area contributed by atoms with Gasteiger partial charge in [-0.25, -0.2) is 4.98 Å². The number of hydrogen-bond donors (Lipinski definition) is 1. The molecule has 1 aromatic heterocycles. The lowest BCUT2D eigenvalue weighted by Gasteiger charge is -2.47. The number of piperidine rings is 1. The maximum absolute atomic E-state index is 13.1. The molecule has 2 atom stereocenters. The maximum atomic E-state index is 13.1. The topological polar surface area (TPSA) is 59.2 Å². The molecule has 158 valence electrons. The summed E-state index contributed by atoms with van der Waals surface area (Å²) in [5, 5.41) is 0. The average Bonchev–Trinajstić information content (AvgIpc) is 2.92. The first kappa shape index (κ1) is 20.3. The maximum Gasteiger partial charge on any atom is 0.274 e. The molecule has 0 radical (unpaired) electrons. The van der Waals surface area contributed by atoms with Crippen LogP contribution in [0.2, 0.25) is 0 Å². The lowest BCUT2D eigenvalue weighted by Crippen LogP contribution is -3.14. The molecule has 1 aromatic rings. The highest BCUT2D eigenvalue weighted by Gasteiger charge is 2.64. The Kier molecular flexibility index (Phi) is 5.40. The summed E-state index contributed by atoms with van der Waals surface area (Å²) >= 11 is 0. The van der Waals surface area contributed by atoms with E-state index in [9.17, 15) is 9.59 Å². The zero-order chi connectivity index (χ0) is 20.6. The largest absolute Gasteiger partial charge is 0.328 e. The number of carbonyl (C=O) groups excluding carboxylic acids is 2. The van der Waals surface area contributed by atoms with Crippen molar-refractivity contribution in [3.63, 3.8) is 0 Å². The quantitative estimate of drug-likeness (QED) is 0.568. The number of nitrogens with one attached hydrogen (secondary N) is 2. The zero-order valence-corrected chi connectivity index (χ0v) is 18.2. The van der Waals surface area contributed by atoms with Gasteiger partial charge >= 0.3 is 0 Å². The fourth-order valence-electron chi connectivity index (χ4n) is 5.65. The number of pyridine rings is 1. The minimum atomic E-state index is -0.373. The zero-order valence-electron chi connectivity index (χ0n) is 18.2. The van der Waals surface area contributed by atoms with Crippen LogP contribution in [0.3, 0.4) is 0 Å². The molecule has 0 aromatic carbocycles. The Morgan fingerprint density at radius 1 is 1.14 bits per heavy atom. The van der Waals surface area contributed by atoms with Crippen LogP contribution in [0.5, 0.6) is 0 Å². The van der Waals surface area contributed by atoms with Gasteiger partial charge in [-0.2, -0.15) is 0 Å². The van der Waals surface area contributed by atoms with E-state index >= 15 is 0 Å². The van der Waals surface area contributed by atoms with Crippen LogP contribution in [0.4, 0.5) is 5.82 Å². The fraction of sp³-hybridized carbons (Fsp3) is 0.696. The van der Waals surface area contributed by atoms with Gasteiger partial charge in [-0.15, -0.1) is 0 Å². The van der Waals surface area contributed by atoms with Crippen LogP contribution in [-0.2, 0) is 9.59 Å². The normalized spacial score (nSPS) is 29.6. The summed E-state index contributed by atoms with van der Waals surface area (Å²) in [6.07, 6.45) is 5.66. The number of piperazine rings is 1. The number of nitrogens with zero attached hydrogens (tertiary/aromatic N) is 2. The molecule has 2 saturated heterocycles. The van der Waals surface area contributed by atoms with Crippen LogP contribution in [-0.4, -0.2) is 56.0 Å². The van der Waals surface area contributed by atoms with Crippen molar-refractivity contribution in [3.05, 3.63) is 24.4 Å². The number of unbranched alkanes of at least 4 members (excludes halogenated alkanes) is 1. The van der Waals surface area contributed by atoms with Crippen LogP contribution in [0, 0.1) is 16.7 Å². The van der Waals surface area contributed by atoms with E-state index in [1.165, 1.54) is 5.82 Å². The molecule has 2 amide bonds. The van der Waals surface area contributed by atoms with Gasteiger partial charge in [0.25, 0.3) is 5.82 Å². The van der Waals surface area contributed by atoms with E-state index in [1.807, 2.05) is 12.3 Å². The molecule has 6 nitrogen and oxygen atoms in total. The Morgan fingerprint density at radius 3 is 2.59 bits per heavy atom. The van der Waals surface area contributed by atoms with Gasteiger partial charge < -0.3 is 4.90 Å². The molecular formula is C23H36N4O2+2. The number of aromatic amines is 1. The van der Waals surface area contributed by atoms with Gasteiger partial charge in [0.1, 0.15) is 26.2 Å². The van der Waals surface area contributed by atoms with Gasteiger partial charge in [-0.05, 0) is 37.2 Å². The van der Waals surface area contributed by atoms with Crippen molar-refractivity contribution >= 4 is 17.6 Å². The van der Waals surface area contributed by atoms with E-state index < -0.39 is 0 Å². The molecule has 0 spiro atoms. The first-order chi connectivity index (χ1) is 13.8. The van der Waals surface area contributed by atoms with Crippen molar-refractivity contribution in [1.29, 1.82) is 0 Å². The number of carbonyl (C=O) groups is 2. The van der Waals surface area contributed by atoms with Crippen LogP contribution in [0.15, 0.2) is 24.4 Å². The number of hydrogen-bond acceptors (Lipinski definition) is 3. The molecule has 3 fully saturated rings. The molecule has 29 heavy (non-hydrogen) atoms. The molecule has 1 saturated carbocycles. The van der Waals surface area contributed by atoms with Crippen LogP contribution >= 0.6 is 0 Å². The number of likely N-dealkylation sites (tertiary alicyclic amines) is 1. The van der Waals surface area contributed by atoms with Crippen molar-refractivity contribution in [1.82, 2.24) is 4.90 Å². The SMILES string of the molecule is CC1(C)[C@@H]2CC[C@@]1(C)C(=O)N(CCCC[NH+]1CCN(c3cccc[nH+]3)CC1)C2=O.